The van der Waals surface area contributed by atoms with E-state index in [9.17, 15) is 4.79 Å². The number of hydrogen-bond donors (Lipinski definition) is 0. The molecule has 6 heteroatoms. The zero-order valence-electron chi connectivity index (χ0n) is 16.7. The minimum absolute atomic E-state index is 0.0501. The first-order chi connectivity index (χ1) is 13.8. The molecule has 1 aliphatic heterocycles. The highest BCUT2D eigenvalue weighted by Gasteiger charge is 2.42. The predicted molar refractivity (Wildman–Crippen MR) is 126 cm³/mol. The topological polar surface area (TPSA) is 29.5 Å². The van der Waals surface area contributed by atoms with Crippen molar-refractivity contribution in [2.45, 2.75) is 26.3 Å². The normalized spacial score (nSPS) is 14.6. The Hall–Kier alpha value is -2.28. The number of anilines is 1. The van der Waals surface area contributed by atoms with Crippen LogP contribution in [0.2, 0.25) is 0 Å². The van der Waals surface area contributed by atoms with Crippen LogP contribution in [-0.2, 0) is 10.3 Å². The van der Waals surface area contributed by atoms with E-state index in [0.717, 1.165) is 42.4 Å². The van der Waals surface area contributed by atoms with Crippen molar-refractivity contribution in [2.75, 3.05) is 12.0 Å². The van der Waals surface area contributed by atoms with Crippen LogP contribution in [0.4, 0.5) is 5.69 Å². The molecule has 1 aromatic heterocycles. The number of hydrogen-bond acceptors (Lipinski definition) is 5. The van der Waals surface area contributed by atoms with E-state index in [1.807, 2.05) is 47.4 Å². The van der Waals surface area contributed by atoms with Gasteiger partial charge >= 0.3 is 0 Å². The summed E-state index contributed by atoms with van der Waals surface area (Å²) in [7, 11) is 4.92. The van der Waals surface area contributed by atoms with Gasteiger partial charge in [-0.15, -0.1) is 0 Å². The molecule has 3 aromatic rings. The third kappa shape index (κ3) is 3.45. The summed E-state index contributed by atoms with van der Waals surface area (Å²) < 4.78 is 6.09. The third-order valence-corrected chi connectivity index (χ3v) is 8.49. The lowest BCUT2D eigenvalue weighted by Crippen LogP contribution is -2.47. The average molecular weight is 440 g/mol. The molecule has 29 heavy (non-hydrogen) atoms. The Labute approximate surface area is 183 Å². The molecular weight excluding hydrogens is 418 g/mol. The molecule has 1 amide bonds. The maximum atomic E-state index is 13.4. The van der Waals surface area contributed by atoms with E-state index in [0.29, 0.717) is 0 Å². The van der Waals surface area contributed by atoms with Crippen molar-refractivity contribution in [3.05, 3.63) is 68.4 Å². The number of amides is 1. The fourth-order valence-corrected chi connectivity index (χ4v) is 6.98. The number of fused-ring (bicyclic) bond motifs is 3. The molecule has 3 nitrogen and oxygen atoms in total. The number of methoxy groups -OCH3 is 1. The first-order valence-electron chi connectivity index (χ1n) is 9.24. The van der Waals surface area contributed by atoms with Crippen LogP contribution >= 0.6 is 32.9 Å². The third-order valence-electron chi connectivity index (χ3n) is 5.16. The Morgan fingerprint density at radius 2 is 1.86 bits per heavy atom. The Morgan fingerprint density at radius 3 is 2.55 bits per heavy atom. The van der Waals surface area contributed by atoms with Crippen molar-refractivity contribution in [3.8, 4) is 16.9 Å². The SMILES string of the molecule is COc1ccc(/C=C\C(=O)N2c3ccc(C)cc3-c3c(ssc3=S)C2(C)C)cc1. The molecule has 148 valence electrons. The zero-order chi connectivity index (χ0) is 20.8. The van der Waals surface area contributed by atoms with Crippen LogP contribution in [-0.4, -0.2) is 13.0 Å². The molecule has 0 saturated carbocycles. The zero-order valence-corrected chi connectivity index (χ0v) is 19.1. The van der Waals surface area contributed by atoms with Crippen molar-refractivity contribution in [3.63, 3.8) is 0 Å². The first-order valence-corrected chi connectivity index (χ1v) is 11.8. The van der Waals surface area contributed by atoms with Gasteiger partial charge in [0.2, 0.25) is 0 Å². The van der Waals surface area contributed by atoms with E-state index in [-0.39, 0.29) is 5.91 Å². The van der Waals surface area contributed by atoms with Crippen molar-refractivity contribution in [1.82, 2.24) is 0 Å². The number of rotatable bonds is 3. The first kappa shape index (κ1) is 20.0. The van der Waals surface area contributed by atoms with Crippen molar-refractivity contribution in [2.24, 2.45) is 0 Å². The van der Waals surface area contributed by atoms with Crippen molar-refractivity contribution >= 4 is 50.6 Å². The van der Waals surface area contributed by atoms with Gasteiger partial charge in [0.15, 0.2) is 0 Å². The molecule has 2 heterocycles. The lowest BCUT2D eigenvalue weighted by Gasteiger charge is -2.42. The smallest absolute Gasteiger partial charge is 0.251 e. The van der Waals surface area contributed by atoms with E-state index < -0.39 is 5.54 Å². The van der Waals surface area contributed by atoms with E-state index in [1.165, 1.54) is 0 Å². The maximum absolute atomic E-state index is 13.4. The van der Waals surface area contributed by atoms with Gasteiger partial charge in [-0.25, -0.2) is 0 Å². The van der Waals surface area contributed by atoms with Gasteiger partial charge in [0.25, 0.3) is 5.91 Å². The molecule has 0 saturated heterocycles. The molecular formula is C23H21NO2S3. The molecule has 2 aromatic carbocycles. The summed E-state index contributed by atoms with van der Waals surface area (Å²) in [5.74, 6) is 0.743. The summed E-state index contributed by atoms with van der Waals surface area (Å²) >= 11 is 5.64. The predicted octanol–water partition coefficient (Wildman–Crippen LogP) is 6.82. The molecule has 0 bridgehead atoms. The monoisotopic (exact) mass is 439 g/mol. The number of ether oxygens (including phenoxy) is 1. The molecule has 0 radical (unpaired) electrons. The largest absolute Gasteiger partial charge is 0.497 e. The maximum Gasteiger partial charge on any atom is 0.251 e. The van der Waals surface area contributed by atoms with Crippen molar-refractivity contribution < 1.29 is 9.53 Å². The van der Waals surface area contributed by atoms with Crippen molar-refractivity contribution in [1.29, 1.82) is 0 Å². The van der Waals surface area contributed by atoms with Crippen LogP contribution in [0.5, 0.6) is 5.75 Å². The second-order valence-electron chi connectivity index (χ2n) is 7.52. The molecule has 0 spiro atoms. The number of carbonyl (C=O) groups is 1. The van der Waals surface area contributed by atoms with Crippen LogP contribution in [0.15, 0.2) is 48.5 Å². The summed E-state index contributed by atoms with van der Waals surface area (Å²) in [4.78, 5) is 16.4. The quantitative estimate of drug-likeness (QED) is 0.255. The summed E-state index contributed by atoms with van der Waals surface area (Å²) in [6.45, 7) is 6.24. The minimum Gasteiger partial charge on any atom is -0.497 e. The van der Waals surface area contributed by atoms with E-state index in [2.05, 4.69) is 26.8 Å². The van der Waals surface area contributed by atoms with E-state index in [4.69, 9.17) is 17.0 Å². The van der Waals surface area contributed by atoms with Gasteiger partial charge in [-0.05, 0) is 56.7 Å². The molecule has 0 unspecified atom stereocenters. The molecule has 0 fully saturated rings. The second-order valence-corrected chi connectivity index (χ2v) is 10.3. The Bertz CT molecular complexity index is 1170. The van der Waals surface area contributed by atoms with Gasteiger partial charge in [0.1, 0.15) is 9.57 Å². The van der Waals surface area contributed by atoms with Crippen LogP contribution in [0.25, 0.3) is 17.2 Å². The average Bonchev–Trinajstić information content (AvgIpc) is 3.10. The molecule has 0 N–H and O–H groups in total. The summed E-state index contributed by atoms with van der Waals surface area (Å²) in [6, 6.07) is 13.9. The standard InChI is InChI=1S/C23H21NO2S3/c1-14-5-11-18-17(13-14)20-21(28-29-22(20)27)23(2,3)24(18)19(25)12-8-15-6-9-16(26-4)10-7-15/h5-13H,1-4H3/b12-8-. The number of benzene rings is 2. The second kappa shape index (κ2) is 7.52. The molecule has 4 rings (SSSR count). The molecule has 0 aliphatic carbocycles. The number of aryl methyl sites for hydroxylation is 1. The molecule has 1 aliphatic rings. The Kier molecular flexibility index (Phi) is 5.19. The number of carbonyl (C=O) groups excluding carboxylic acids is 1. The number of nitrogens with zero attached hydrogens (tertiary/aromatic N) is 1. The van der Waals surface area contributed by atoms with Crippen LogP contribution < -0.4 is 9.64 Å². The fourth-order valence-electron chi connectivity index (χ4n) is 3.69. The van der Waals surface area contributed by atoms with Gasteiger partial charge in [-0.2, -0.15) is 0 Å². The Balaban J connectivity index is 1.77. The lowest BCUT2D eigenvalue weighted by molar-refractivity contribution is -0.115. The summed E-state index contributed by atoms with van der Waals surface area (Å²) in [5.41, 5.74) is 4.70. The van der Waals surface area contributed by atoms with Crippen LogP contribution in [0.1, 0.15) is 29.9 Å². The minimum atomic E-state index is -0.475. The van der Waals surface area contributed by atoms with Gasteiger partial charge in [-0.3, -0.25) is 9.69 Å². The summed E-state index contributed by atoms with van der Waals surface area (Å²) in [5, 5.41) is 0. The van der Waals surface area contributed by atoms with E-state index in [1.54, 1.807) is 33.9 Å². The lowest BCUT2D eigenvalue weighted by atomic mass is 9.86. The fraction of sp³-hybridized carbons (Fsp3) is 0.217. The Morgan fingerprint density at radius 1 is 1.14 bits per heavy atom. The van der Waals surface area contributed by atoms with Crippen LogP contribution in [0, 0.1) is 10.7 Å². The van der Waals surface area contributed by atoms with Gasteiger partial charge in [0.05, 0.1) is 23.2 Å². The van der Waals surface area contributed by atoms with E-state index >= 15 is 0 Å². The van der Waals surface area contributed by atoms with Gasteiger partial charge in [0, 0.05) is 17.2 Å². The van der Waals surface area contributed by atoms with Gasteiger partial charge in [-0.1, -0.05) is 56.7 Å². The summed E-state index contributed by atoms with van der Waals surface area (Å²) in [6.07, 6.45) is 3.49. The highest BCUT2D eigenvalue weighted by atomic mass is 32.9. The molecule has 0 atom stereocenters. The highest BCUT2D eigenvalue weighted by molar-refractivity contribution is 7.80. The highest BCUT2D eigenvalue weighted by Crippen LogP contribution is 2.52. The van der Waals surface area contributed by atoms with Crippen LogP contribution in [0.3, 0.4) is 0 Å². The van der Waals surface area contributed by atoms with Gasteiger partial charge < -0.3 is 4.74 Å².